The van der Waals surface area contributed by atoms with Gasteiger partial charge in [-0.15, -0.1) is 11.3 Å². The molecular weight excluding hydrogens is 430 g/mol. The molecule has 1 aliphatic rings. The molecule has 3 aromatic rings. The van der Waals surface area contributed by atoms with Gasteiger partial charge in [0.25, 0.3) is 0 Å². The summed E-state index contributed by atoms with van der Waals surface area (Å²) in [5.41, 5.74) is 8.73. The molecule has 4 rings (SSSR count). The highest BCUT2D eigenvalue weighted by molar-refractivity contribution is 9.10. The van der Waals surface area contributed by atoms with Crippen LogP contribution in [0.15, 0.2) is 33.9 Å². The zero-order chi connectivity index (χ0) is 18.3. The lowest BCUT2D eigenvalue weighted by Gasteiger charge is -2.33. The van der Waals surface area contributed by atoms with Gasteiger partial charge in [0.2, 0.25) is 0 Å². The van der Waals surface area contributed by atoms with Gasteiger partial charge in [-0.25, -0.2) is 9.97 Å². The van der Waals surface area contributed by atoms with Crippen molar-refractivity contribution in [1.29, 1.82) is 0 Å². The largest absolute Gasteiger partial charge is 0.383 e. The molecule has 0 radical (unpaired) electrons. The fraction of sp³-hybridized carbons (Fsp3) is 0.368. The van der Waals surface area contributed by atoms with Gasteiger partial charge in [0, 0.05) is 21.5 Å². The molecule has 2 aromatic heterocycles. The molecule has 3 heterocycles. The minimum atomic E-state index is -0.123. The third-order valence-electron chi connectivity index (χ3n) is 4.87. The lowest BCUT2D eigenvalue weighted by molar-refractivity contribution is -0.0542. The van der Waals surface area contributed by atoms with Crippen LogP contribution in [0.5, 0.6) is 0 Å². The number of aromatic nitrogens is 2. The topological polar surface area (TPSA) is 61.0 Å². The second kappa shape index (κ2) is 7.11. The summed E-state index contributed by atoms with van der Waals surface area (Å²) < 4.78 is 7.15. The van der Waals surface area contributed by atoms with E-state index >= 15 is 0 Å². The number of nitrogens with zero attached hydrogens (tertiary/aromatic N) is 2. The van der Waals surface area contributed by atoms with E-state index in [0.29, 0.717) is 12.4 Å². The molecule has 4 nitrogen and oxygen atoms in total. The minimum Gasteiger partial charge on any atom is -0.383 e. The predicted octanol–water partition coefficient (Wildman–Crippen LogP) is 5.57. The Morgan fingerprint density at radius 3 is 2.81 bits per heavy atom. The maximum atomic E-state index is 6.34. The van der Waals surface area contributed by atoms with Gasteiger partial charge in [0.1, 0.15) is 10.6 Å². The molecule has 2 N–H and O–H groups in total. The van der Waals surface area contributed by atoms with Crippen molar-refractivity contribution in [2.75, 3.05) is 5.73 Å². The minimum absolute atomic E-state index is 0.123. The fourth-order valence-corrected chi connectivity index (χ4v) is 5.34. The van der Waals surface area contributed by atoms with E-state index in [9.17, 15) is 0 Å². The van der Waals surface area contributed by atoms with Crippen LogP contribution in [-0.2, 0) is 23.5 Å². The van der Waals surface area contributed by atoms with E-state index in [1.807, 2.05) is 12.1 Å². The molecule has 0 spiro atoms. The Bertz CT molecular complexity index is 958. The molecule has 1 atom stereocenters. The quantitative estimate of drug-likeness (QED) is 0.416. The summed E-state index contributed by atoms with van der Waals surface area (Å²) in [5, 5.41) is 1.76. The van der Waals surface area contributed by atoms with Crippen LogP contribution in [0.2, 0.25) is 0 Å². The Labute approximate surface area is 169 Å². The van der Waals surface area contributed by atoms with Crippen molar-refractivity contribution in [3.63, 3.8) is 0 Å². The number of ether oxygens (including phenoxy) is 1. The molecule has 1 aliphatic heterocycles. The first-order valence-corrected chi connectivity index (χ1v) is 11.2. The maximum absolute atomic E-state index is 6.34. The van der Waals surface area contributed by atoms with Gasteiger partial charge in [0.15, 0.2) is 5.16 Å². The molecule has 1 aromatic carbocycles. The molecule has 136 valence electrons. The highest BCUT2D eigenvalue weighted by Gasteiger charge is 2.32. The van der Waals surface area contributed by atoms with E-state index in [1.54, 1.807) is 23.1 Å². The third-order valence-corrected chi connectivity index (χ3v) is 7.42. The molecule has 0 bridgehead atoms. The van der Waals surface area contributed by atoms with Crippen LogP contribution < -0.4 is 5.73 Å². The van der Waals surface area contributed by atoms with Crippen LogP contribution in [0.4, 0.5) is 5.82 Å². The van der Waals surface area contributed by atoms with Gasteiger partial charge in [-0.2, -0.15) is 0 Å². The molecule has 7 heteroatoms. The number of thioether (sulfide) groups is 1. The lowest BCUT2D eigenvalue weighted by atomic mass is 9.90. The maximum Gasteiger partial charge on any atom is 0.191 e. The van der Waals surface area contributed by atoms with Crippen molar-refractivity contribution in [2.24, 2.45) is 0 Å². The molecule has 0 aliphatic carbocycles. The zero-order valence-electron chi connectivity index (χ0n) is 14.7. The number of hydrogen-bond donors (Lipinski definition) is 1. The highest BCUT2D eigenvalue weighted by Crippen LogP contribution is 2.41. The summed E-state index contributed by atoms with van der Waals surface area (Å²) in [4.78, 5) is 11.6. The van der Waals surface area contributed by atoms with Gasteiger partial charge in [-0.1, -0.05) is 46.7 Å². The number of anilines is 1. The first kappa shape index (κ1) is 18.2. The average molecular weight is 450 g/mol. The number of thiophene rings is 1. The second-order valence-electron chi connectivity index (χ2n) is 6.76. The Morgan fingerprint density at radius 1 is 1.31 bits per heavy atom. The summed E-state index contributed by atoms with van der Waals surface area (Å²) in [5.74, 6) is 1.41. The molecule has 0 saturated carbocycles. The van der Waals surface area contributed by atoms with Crippen LogP contribution in [0.25, 0.3) is 10.2 Å². The number of benzene rings is 1. The van der Waals surface area contributed by atoms with Crippen LogP contribution in [0.3, 0.4) is 0 Å². The van der Waals surface area contributed by atoms with Gasteiger partial charge >= 0.3 is 0 Å². The van der Waals surface area contributed by atoms with Gasteiger partial charge < -0.3 is 10.5 Å². The number of rotatable bonds is 4. The lowest BCUT2D eigenvalue weighted by Crippen LogP contribution is -2.33. The van der Waals surface area contributed by atoms with Gasteiger partial charge in [-0.3, -0.25) is 0 Å². The average Bonchev–Trinajstić information content (AvgIpc) is 2.99. The molecular formula is C19H20BrN3OS2. The van der Waals surface area contributed by atoms with Gasteiger partial charge in [0.05, 0.1) is 17.6 Å². The van der Waals surface area contributed by atoms with Gasteiger partial charge in [-0.05, 0) is 36.6 Å². The first-order chi connectivity index (χ1) is 12.5. The molecule has 0 saturated heterocycles. The second-order valence-corrected chi connectivity index (χ2v) is 9.70. The van der Waals surface area contributed by atoms with Crippen molar-refractivity contribution in [2.45, 2.75) is 49.8 Å². The Kier molecular flexibility index (Phi) is 4.98. The Hall–Kier alpha value is -1.15. The van der Waals surface area contributed by atoms with Crippen molar-refractivity contribution < 1.29 is 4.74 Å². The third kappa shape index (κ3) is 3.50. The van der Waals surface area contributed by atoms with E-state index < -0.39 is 0 Å². The summed E-state index contributed by atoms with van der Waals surface area (Å²) >= 11 is 6.77. The number of fused-ring (bicyclic) bond motifs is 3. The summed E-state index contributed by atoms with van der Waals surface area (Å²) in [6.45, 7) is 4.97. The fourth-order valence-electron chi connectivity index (χ4n) is 3.10. The summed E-state index contributed by atoms with van der Waals surface area (Å²) in [7, 11) is 0. The predicted molar refractivity (Wildman–Crippen MR) is 113 cm³/mol. The monoisotopic (exact) mass is 449 g/mol. The van der Waals surface area contributed by atoms with E-state index in [0.717, 1.165) is 38.4 Å². The molecule has 0 unspecified atom stereocenters. The van der Waals surface area contributed by atoms with Crippen LogP contribution in [-0.4, -0.2) is 15.6 Å². The Balaban J connectivity index is 1.62. The van der Waals surface area contributed by atoms with Crippen LogP contribution >= 0.6 is 39.0 Å². The SMILES string of the molecule is CC[C@]1(C)Cc2c(sc3nc(SCc4ccc(Br)cc4)nc(N)c23)CO1. The zero-order valence-corrected chi connectivity index (χ0v) is 17.9. The van der Waals surface area contributed by atoms with E-state index in [2.05, 4.69) is 46.9 Å². The van der Waals surface area contributed by atoms with E-state index in [1.165, 1.54) is 16.0 Å². The summed E-state index contributed by atoms with van der Waals surface area (Å²) in [6, 6.07) is 8.30. The van der Waals surface area contributed by atoms with Crippen LogP contribution in [0, 0.1) is 0 Å². The first-order valence-electron chi connectivity index (χ1n) is 8.56. The number of nitrogen functional groups attached to an aromatic ring is 1. The number of halogens is 1. The molecule has 26 heavy (non-hydrogen) atoms. The Morgan fingerprint density at radius 2 is 2.08 bits per heavy atom. The standard InChI is InChI=1S/C19H20BrN3OS2/c1-3-19(2)8-13-14(9-24-19)26-17-15(13)16(21)22-18(23-17)25-10-11-4-6-12(20)7-5-11/h4-7H,3,8-10H2,1-2H3,(H2,21,22,23)/t19-/m1/s1. The normalized spacial score (nSPS) is 19.7. The van der Waals surface area contributed by atoms with Crippen molar-refractivity contribution >= 4 is 55.1 Å². The van der Waals surface area contributed by atoms with E-state index in [4.69, 9.17) is 15.5 Å². The number of hydrogen-bond acceptors (Lipinski definition) is 6. The highest BCUT2D eigenvalue weighted by atomic mass is 79.9. The van der Waals surface area contributed by atoms with Crippen molar-refractivity contribution in [1.82, 2.24) is 9.97 Å². The number of nitrogens with two attached hydrogens (primary N) is 1. The van der Waals surface area contributed by atoms with Crippen molar-refractivity contribution in [3.8, 4) is 0 Å². The molecule has 0 fully saturated rings. The molecule has 0 amide bonds. The van der Waals surface area contributed by atoms with Crippen molar-refractivity contribution in [3.05, 3.63) is 44.7 Å². The van der Waals surface area contributed by atoms with Crippen LogP contribution in [0.1, 0.15) is 36.3 Å². The van der Waals surface area contributed by atoms with E-state index in [-0.39, 0.29) is 5.60 Å². The smallest absolute Gasteiger partial charge is 0.191 e. The summed E-state index contributed by atoms with van der Waals surface area (Å²) in [6.07, 6.45) is 1.85.